The summed E-state index contributed by atoms with van der Waals surface area (Å²) < 4.78 is 1.78. The molecule has 0 aliphatic carbocycles. The highest BCUT2D eigenvalue weighted by Crippen LogP contribution is 2.15. The zero-order chi connectivity index (χ0) is 13.8. The van der Waals surface area contributed by atoms with Crippen molar-refractivity contribution in [2.75, 3.05) is 0 Å². The molecule has 0 fully saturated rings. The van der Waals surface area contributed by atoms with Crippen molar-refractivity contribution in [3.63, 3.8) is 0 Å². The summed E-state index contributed by atoms with van der Waals surface area (Å²) in [5.74, 6) is 0.221. The summed E-state index contributed by atoms with van der Waals surface area (Å²) in [6, 6.07) is 5.86. The van der Waals surface area contributed by atoms with Gasteiger partial charge in [-0.1, -0.05) is 25.1 Å². The first-order chi connectivity index (χ1) is 9.08. The van der Waals surface area contributed by atoms with Gasteiger partial charge in [0, 0.05) is 18.8 Å². The van der Waals surface area contributed by atoms with Crippen molar-refractivity contribution in [2.24, 2.45) is 5.92 Å². The van der Waals surface area contributed by atoms with E-state index in [1.807, 2.05) is 45.2 Å². The molecule has 0 aromatic carbocycles. The van der Waals surface area contributed by atoms with E-state index in [1.165, 1.54) is 0 Å². The molecule has 102 valence electrons. The van der Waals surface area contributed by atoms with Gasteiger partial charge in [-0.3, -0.25) is 4.98 Å². The number of aliphatic hydroxyl groups excluding tert-OH is 1. The minimum atomic E-state index is -0.379. The number of aromatic nitrogens is 4. The standard InChI is InChI=1S/C14H20N4O/c1-10(2)14(19)8-12-9-18(17-16-12)11(3)13-6-4-5-7-15-13/h4-7,9-11,14,19H,8H2,1-3H3/t11-,14?/m0/s1. The Morgan fingerprint density at radius 2 is 2.05 bits per heavy atom. The molecule has 0 saturated heterocycles. The predicted molar refractivity (Wildman–Crippen MR) is 72.6 cm³/mol. The monoisotopic (exact) mass is 260 g/mol. The van der Waals surface area contributed by atoms with E-state index in [0.29, 0.717) is 6.42 Å². The van der Waals surface area contributed by atoms with Crippen molar-refractivity contribution >= 4 is 0 Å². The number of hydrogen-bond donors (Lipinski definition) is 1. The summed E-state index contributed by atoms with van der Waals surface area (Å²) >= 11 is 0. The number of rotatable bonds is 5. The van der Waals surface area contributed by atoms with Crippen LogP contribution in [0.2, 0.25) is 0 Å². The molecule has 2 aromatic heterocycles. The Bertz CT molecular complexity index is 509. The molecule has 19 heavy (non-hydrogen) atoms. The minimum absolute atomic E-state index is 0.0404. The summed E-state index contributed by atoms with van der Waals surface area (Å²) in [6.45, 7) is 6.01. The third-order valence-corrected chi connectivity index (χ3v) is 3.26. The summed E-state index contributed by atoms with van der Waals surface area (Å²) in [4.78, 5) is 4.32. The largest absolute Gasteiger partial charge is 0.392 e. The van der Waals surface area contributed by atoms with Crippen molar-refractivity contribution in [2.45, 2.75) is 39.3 Å². The number of hydrogen-bond acceptors (Lipinski definition) is 4. The molecule has 0 aliphatic rings. The molecular weight excluding hydrogens is 240 g/mol. The second kappa shape index (κ2) is 5.93. The predicted octanol–water partition coefficient (Wildman–Crippen LogP) is 1.84. The fourth-order valence-electron chi connectivity index (χ4n) is 1.80. The molecule has 0 bridgehead atoms. The van der Waals surface area contributed by atoms with Gasteiger partial charge in [-0.2, -0.15) is 0 Å². The highest BCUT2D eigenvalue weighted by molar-refractivity contribution is 5.09. The number of nitrogens with zero attached hydrogens (tertiary/aromatic N) is 4. The molecule has 0 saturated carbocycles. The molecule has 2 aromatic rings. The molecule has 2 rings (SSSR count). The highest BCUT2D eigenvalue weighted by atomic mass is 16.3. The van der Waals surface area contributed by atoms with E-state index in [-0.39, 0.29) is 18.1 Å². The van der Waals surface area contributed by atoms with Gasteiger partial charge in [0.25, 0.3) is 0 Å². The van der Waals surface area contributed by atoms with Crippen LogP contribution in [0, 0.1) is 5.92 Å². The van der Waals surface area contributed by atoms with Crippen molar-refractivity contribution < 1.29 is 5.11 Å². The van der Waals surface area contributed by atoms with Crippen molar-refractivity contribution in [3.8, 4) is 0 Å². The lowest BCUT2D eigenvalue weighted by atomic mass is 10.0. The van der Waals surface area contributed by atoms with Gasteiger partial charge in [0.05, 0.1) is 23.5 Å². The van der Waals surface area contributed by atoms with Gasteiger partial charge in [0.15, 0.2) is 0 Å². The van der Waals surface area contributed by atoms with E-state index in [4.69, 9.17) is 0 Å². The fourth-order valence-corrected chi connectivity index (χ4v) is 1.80. The molecule has 1 N–H and O–H groups in total. The first-order valence-corrected chi connectivity index (χ1v) is 6.57. The Hall–Kier alpha value is -1.75. The van der Waals surface area contributed by atoms with E-state index >= 15 is 0 Å². The molecule has 2 atom stereocenters. The quantitative estimate of drug-likeness (QED) is 0.891. The van der Waals surface area contributed by atoms with Gasteiger partial charge < -0.3 is 5.11 Å². The Balaban J connectivity index is 2.09. The van der Waals surface area contributed by atoms with Crippen LogP contribution in [0.25, 0.3) is 0 Å². The SMILES string of the molecule is CC(C)C(O)Cc1cn([C@@H](C)c2ccccn2)nn1. The van der Waals surface area contributed by atoms with Gasteiger partial charge in [-0.05, 0) is 25.0 Å². The van der Waals surface area contributed by atoms with Crippen LogP contribution in [-0.4, -0.2) is 31.2 Å². The van der Waals surface area contributed by atoms with Crippen LogP contribution in [0.3, 0.4) is 0 Å². The third kappa shape index (κ3) is 3.38. The summed E-state index contributed by atoms with van der Waals surface area (Å²) in [7, 11) is 0. The molecule has 2 heterocycles. The Morgan fingerprint density at radius 1 is 1.26 bits per heavy atom. The van der Waals surface area contributed by atoms with Gasteiger partial charge in [-0.15, -0.1) is 5.10 Å². The third-order valence-electron chi connectivity index (χ3n) is 3.26. The van der Waals surface area contributed by atoms with Crippen LogP contribution in [0.1, 0.15) is 38.2 Å². The second-order valence-corrected chi connectivity index (χ2v) is 5.14. The average Bonchev–Trinajstić information content (AvgIpc) is 2.87. The average molecular weight is 260 g/mol. The van der Waals surface area contributed by atoms with Gasteiger partial charge in [0.1, 0.15) is 0 Å². The van der Waals surface area contributed by atoms with Crippen LogP contribution >= 0.6 is 0 Å². The van der Waals surface area contributed by atoms with Crippen molar-refractivity contribution in [1.82, 2.24) is 20.0 Å². The maximum Gasteiger partial charge on any atom is 0.0928 e. The van der Waals surface area contributed by atoms with Crippen LogP contribution in [0.4, 0.5) is 0 Å². The van der Waals surface area contributed by atoms with Crippen LogP contribution in [0.15, 0.2) is 30.6 Å². The van der Waals surface area contributed by atoms with Gasteiger partial charge in [0.2, 0.25) is 0 Å². The van der Waals surface area contributed by atoms with E-state index in [1.54, 1.807) is 10.9 Å². The minimum Gasteiger partial charge on any atom is -0.392 e. The Morgan fingerprint density at radius 3 is 2.68 bits per heavy atom. The summed E-state index contributed by atoms with van der Waals surface area (Å²) in [5, 5.41) is 18.1. The van der Waals surface area contributed by atoms with Crippen molar-refractivity contribution in [3.05, 3.63) is 42.0 Å². The number of pyridine rings is 1. The lowest BCUT2D eigenvalue weighted by molar-refractivity contribution is 0.124. The first kappa shape index (κ1) is 13.7. The fraction of sp³-hybridized carbons (Fsp3) is 0.500. The first-order valence-electron chi connectivity index (χ1n) is 6.57. The lowest BCUT2D eigenvalue weighted by Crippen LogP contribution is -2.17. The molecular formula is C14H20N4O. The van der Waals surface area contributed by atoms with E-state index in [0.717, 1.165) is 11.4 Å². The second-order valence-electron chi connectivity index (χ2n) is 5.14. The molecule has 0 spiro atoms. The Labute approximate surface area is 113 Å². The molecule has 1 unspecified atom stereocenters. The van der Waals surface area contributed by atoms with Crippen LogP contribution in [0.5, 0.6) is 0 Å². The Kier molecular flexibility index (Phi) is 4.27. The molecule has 5 nitrogen and oxygen atoms in total. The summed E-state index contributed by atoms with van der Waals surface area (Å²) in [5.41, 5.74) is 1.76. The zero-order valence-electron chi connectivity index (χ0n) is 11.6. The number of aliphatic hydroxyl groups is 1. The molecule has 5 heteroatoms. The van der Waals surface area contributed by atoms with Crippen LogP contribution < -0.4 is 0 Å². The van der Waals surface area contributed by atoms with E-state index < -0.39 is 0 Å². The molecule has 0 radical (unpaired) electrons. The smallest absolute Gasteiger partial charge is 0.0928 e. The van der Waals surface area contributed by atoms with E-state index in [2.05, 4.69) is 15.3 Å². The normalized spacial score (nSPS) is 14.6. The zero-order valence-corrected chi connectivity index (χ0v) is 11.6. The summed E-state index contributed by atoms with van der Waals surface area (Å²) in [6.07, 6.45) is 3.80. The molecule has 0 aliphatic heterocycles. The van der Waals surface area contributed by atoms with Crippen molar-refractivity contribution in [1.29, 1.82) is 0 Å². The molecule has 0 amide bonds. The van der Waals surface area contributed by atoms with E-state index in [9.17, 15) is 5.11 Å². The maximum atomic E-state index is 9.86. The maximum absolute atomic E-state index is 9.86. The highest BCUT2D eigenvalue weighted by Gasteiger charge is 2.15. The van der Waals surface area contributed by atoms with Gasteiger partial charge >= 0.3 is 0 Å². The van der Waals surface area contributed by atoms with Gasteiger partial charge in [-0.25, -0.2) is 4.68 Å². The topological polar surface area (TPSA) is 63.8 Å². The lowest BCUT2D eigenvalue weighted by Gasteiger charge is -2.12. The van der Waals surface area contributed by atoms with Crippen LogP contribution in [-0.2, 0) is 6.42 Å².